The number of hydrazine groups is 1. The van der Waals surface area contributed by atoms with Gasteiger partial charge in [0.1, 0.15) is 24.6 Å². The Morgan fingerprint density at radius 3 is 2.15 bits per heavy atom. The molecule has 39 heavy (non-hydrogen) atoms. The molecule has 1 N–H and O–H groups in total. The van der Waals surface area contributed by atoms with Gasteiger partial charge in [-0.3, -0.25) is 9.59 Å². The first-order chi connectivity index (χ1) is 18.9. The van der Waals surface area contributed by atoms with Crippen LogP contribution in [0.3, 0.4) is 0 Å². The van der Waals surface area contributed by atoms with Crippen molar-refractivity contribution in [1.29, 1.82) is 0 Å². The van der Waals surface area contributed by atoms with E-state index < -0.39 is 36.8 Å². The van der Waals surface area contributed by atoms with Crippen molar-refractivity contribution in [2.45, 2.75) is 31.7 Å². The average molecular weight is 534 g/mol. The third-order valence-electron chi connectivity index (χ3n) is 7.02. The minimum absolute atomic E-state index is 0.0191. The van der Waals surface area contributed by atoms with Gasteiger partial charge in [0, 0.05) is 19.5 Å². The number of halogens is 2. The van der Waals surface area contributed by atoms with Crippen LogP contribution in [0.25, 0.3) is 0 Å². The maximum atomic E-state index is 14.2. The van der Waals surface area contributed by atoms with Gasteiger partial charge in [0.2, 0.25) is 11.8 Å². The largest absolute Gasteiger partial charge is 0.334 e. The van der Waals surface area contributed by atoms with Gasteiger partial charge in [-0.15, -0.1) is 0 Å². The minimum atomic E-state index is -1.06. The predicted molar refractivity (Wildman–Crippen MR) is 140 cm³/mol. The van der Waals surface area contributed by atoms with Crippen LogP contribution in [0.4, 0.5) is 13.6 Å². The van der Waals surface area contributed by atoms with Crippen molar-refractivity contribution >= 4 is 17.8 Å². The number of rotatable bonds is 7. The number of nitrogens with one attached hydrogen (secondary N) is 1. The fourth-order valence-electron chi connectivity index (χ4n) is 5.14. The molecule has 0 spiro atoms. The zero-order valence-electron chi connectivity index (χ0n) is 21.2. The normalized spacial score (nSPS) is 19.7. The van der Waals surface area contributed by atoms with Crippen LogP contribution < -0.4 is 5.32 Å². The Morgan fingerprint density at radius 1 is 0.872 bits per heavy atom. The number of benzene rings is 3. The molecule has 4 amide bonds. The minimum Gasteiger partial charge on any atom is -0.333 e. The van der Waals surface area contributed by atoms with Crippen molar-refractivity contribution in [3.63, 3.8) is 0 Å². The maximum absolute atomic E-state index is 14.2. The molecule has 0 aliphatic carbocycles. The van der Waals surface area contributed by atoms with Crippen LogP contribution in [0.2, 0.25) is 0 Å². The van der Waals surface area contributed by atoms with Crippen LogP contribution in [0.1, 0.15) is 16.7 Å². The second-order valence-electron chi connectivity index (χ2n) is 9.61. The van der Waals surface area contributed by atoms with E-state index in [-0.39, 0.29) is 38.5 Å². The van der Waals surface area contributed by atoms with Crippen molar-refractivity contribution in [2.75, 3.05) is 19.9 Å². The molecule has 3 aromatic carbocycles. The Balaban J connectivity index is 1.46. The molecule has 202 valence electrons. The molecule has 2 aliphatic rings. The summed E-state index contributed by atoms with van der Waals surface area (Å²) in [6, 6.07) is 23.0. The van der Waals surface area contributed by atoms with E-state index in [1.807, 2.05) is 60.7 Å². The summed E-state index contributed by atoms with van der Waals surface area (Å²) in [7, 11) is 0. The molecule has 2 saturated heterocycles. The van der Waals surface area contributed by atoms with E-state index >= 15 is 0 Å². The van der Waals surface area contributed by atoms with Crippen LogP contribution in [0.5, 0.6) is 0 Å². The highest BCUT2D eigenvalue weighted by atomic mass is 19.1. The molecule has 0 radical (unpaired) electrons. The van der Waals surface area contributed by atoms with Crippen LogP contribution in [-0.2, 0) is 29.1 Å². The molecule has 0 unspecified atom stereocenters. The van der Waals surface area contributed by atoms with E-state index in [0.29, 0.717) is 5.56 Å². The molecular formula is C29H29F2N5O3. The smallest absolute Gasteiger partial charge is 0.333 e. The number of hydrogen-bond acceptors (Lipinski definition) is 4. The number of urea groups is 1. The van der Waals surface area contributed by atoms with Gasteiger partial charge >= 0.3 is 6.03 Å². The third kappa shape index (κ3) is 5.75. The molecule has 8 nitrogen and oxygen atoms in total. The van der Waals surface area contributed by atoms with Gasteiger partial charge in [0.15, 0.2) is 6.80 Å². The number of amides is 4. The summed E-state index contributed by atoms with van der Waals surface area (Å²) in [6.07, 6.45) is -0.654. The standard InChI is InChI=1S/C29H29F2N5O3/c30-20-34-19-27(37)35-25(15-21-7-3-1-4-8-21)28(38)33(17-23-9-5-2-6-10-23)18-26(35)36(34)29(39)32-16-22-11-13-24(31)14-12-22/h1-14,25-26H,15-20H2,(H,32,39)/t25-,26-/m0/s1. The van der Waals surface area contributed by atoms with Crippen molar-refractivity contribution in [3.8, 4) is 0 Å². The van der Waals surface area contributed by atoms with E-state index in [2.05, 4.69) is 5.32 Å². The highest BCUT2D eigenvalue weighted by Crippen LogP contribution is 2.29. The van der Waals surface area contributed by atoms with E-state index in [9.17, 15) is 23.2 Å². The molecule has 2 fully saturated rings. The summed E-state index contributed by atoms with van der Waals surface area (Å²) < 4.78 is 27.5. The lowest BCUT2D eigenvalue weighted by Gasteiger charge is -2.54. The molecule has 0 aromatic heterocycles. The summed E-state index contributed by atoms with van der Waals surface area (Å²) in [5.74, 6) is -1.05. The first-order valence-corrected chi connectivity index (χ1v) is 12.7. The van der Waals surface area contributed by atoms with Crippen LogP contribution in [-0.4, -0.2) is 69.8 Å². The van der Waals surface area contributed by atoms with Gasteiger partial charge in [0.05, 0.1) is 6.54 Å². The van der Waals surface area contributed by atoms with E-state index in [1.54, 1.807) is 17.0 Å². The lowest BCUT2D eigenvalue weighted by molar-refractivity contribution is -0.195. The highest BCUT2D eigenvalue weighted by molar-refractivity contribution is 5.91. The zero-order valence-corrected chi connectivity index (χ0v) is 21.2. The number of hydrogen-bond donors (Lipinski definition) is 1. The SMILES string of the molecule is O=C1[C@H](Cc2ccccc2)N2C(=O)CN(CF)N(C(=O)NCc3ccc(F)cc3)[C@H]2CN1Cc1ccccc1. The Labute approximate surface area is 225 Å². The highest BCUT2D eigenvalue weighted by Gasteiger charge is 2.51. The van der Waals surface area contributed by atoms with Gasteiger partial charge < -0.3 is 15.1 Å². The first-order valence-electron chi connectivity index (χ1n) is 12.7. The molecule has 3 aromatic rings. The topological polar surface area (TPSA) is 76.2 Å². The van der Waals surface area contributed by atoms with Crippen molar-refractivity contribution in [3.05, 3.63) is 107 Å². The molecule has 5 rings (SSSR count). The number of piperazine rings is 1. The molecular weight excluding hydrogens is 504 g/mol. The van der Waals surface area contributed by atoms with Crippen LogP contribution >= 0.6 is 0 Å². The monoisotopic (exact) mass is 533 g/mol. The number of carbonyl (C=O) groups is 3. The summed E-state index contributed by atoms with van der Waals surface area (Å²) in [5, 5.41) is 5.01. The number of nitrogens with zero attached hydrogens (tertiary/aromatic N) is 4. The van der Waals surface area contributed by atoms with Gasteiger partial charge in [-0.05, 0) is 28.8 Å². The van der Waals surface area contributed by atoms with E-state index in [1.165, 1.54) is 22.0 Å². The molecule has 10 heteroatoms. The molecule has 0 bridgehead atoms. The quantitative estimate of drug-likeness (QED) is 0.473. The molecule has 2 atom stereocenters. The summed E-state index contributed by atoms with van der Waals surface area (Å²) >= 11 is 0. The van der Waals surface area contributed by atoms with Crippen LogP contribution in [0, 0.1) is 5.82 Å². The number of fused-ring (bicyclic) bond motifs is 1. The Morgan fingerprint density at radius 2 is 1.51 bits per heavy atom. The fourth-order valence-corrected chi connectivity index (χ4v) is 5.14. The predicted octanol–water partition coefficient (Wildman–Crippen LogP) is 3.30. The summed E-state index contributed by atoms with van der Waals surface area (Å²) in [4.78, 5) is 43.7. The molecule has 2 aliphatic heterocycles. The second kappa shape index (κ2) is 11.6. The lowest BCUT2D eigenvalue weighted by atomic mass is 9.98. The molecule has 2 heterocycles. The van der Waals surface area contributed by atoms with Crippen molar-refractivity contribution in [2.24, 2.45) is 0 Å². The molecule has 0 saturated carbocycles. The average Bonchev–Trinajstić information content (AvgIpc) is 2.95. The van der Waals surface area contributed by atoms with Gasteiger partial charge in [-0.1, -0.05) is 72.8 Å². The lowest BCUT2D eigenvalue weighted by Crippen LogP contribution is -2.76. The van der Waals surface area contributed by atoms with Crippen LogP contribution in [0.15, 0.2) is 84.9 Å². The maximum Gasteiger partial charge on any atom is 0.334 e. The third-order valence-corrected chi connectivity index (χ3v) is 7.02. The van der Waals surface area contributed by atoms with Crippen molar-refractivity contribution in [1.82, 2.24) is 25.1 Å². The zero-order chi connectivity index (χ0) is 27.4. The first kappa shape index (κ1) is 26.3. The fraction of sp³-hybridized carbons (Fsp3) is 0.276. The Bertz CT molecular complexity index is 1310. The van der Waals surface area contributed by atoms with Gasteiger partial charge in [-0.2, -0.15) is 5.01 Å². The van der Waals surface area contributed by atoms with E-state index in [0.717, 1.165) is 16.1 Å². The number of carbonyl (C=O) groups excluding carboxylic acids is 3. The summed E-state index contributed by atoms with van der Waals surface area (Å²) in [5.41, 5.74) is 2.42. The Kier molecular flexibility index (Phi) is 7.83. The van der Waals surface area contributed by atoms with Crippen molar-refractivity contribution < 1.29 is 23.2 Å². The number of alkyl halides is 1. The second-order valence-corrected chi connectivity index (χ2v) is 9.61. The van der Waals surface area contributed by atoms with Gasteiger partial charge in [-0.25, -0.2) is 18.6 Å². The summed E-state index contributed by atoms with van der Waals surface area (Å²) in [6.45, 7) is -1.06. The van der Waals surface area contributed by atoms with E-state index in [4.69, 9.17) is 0 Å². The Hall–Kier alpha value is -4.31. The van der Waals surface area contributed by atoms with Gasteiger partial charge in [0.25, 0.3) is 0 Å².